The number of nitrogens with one attached hydrogen (secondary N) is 1. The summed E-state index contributed by atoms with van der Waals surface area (Å²) in [7, 11) is 0. The lowest BCUT2D eigenvalue weighted by Crippen LogP contribution is -2.17. The van der Waals surface area contributed by atoms with Gasteiger partial charge in [0.1, 0.15) is 5.82 Å². The Labute approximate surface area is 100 Å². The van der Waals surface area contributed by atoms with Gasteiger partial charge in [-0.3, -0.25) is 0 Å². The molecule has 0 aliphatic heterocycles. The van der Waals surface area contributed by atoms with Crippen LogP contribution in [0.25, 0.3) is 0 Å². The number of rotatable bonds is 6. The third kappa shape index (κ3) is 4.92. The van der Waals surface area contributed by atoms with Crippen LogP contribution in [0.2, 0.25) is 5.02 Å². The molecule has 0 aromatic heterocycles. The lowest BCUT2D eigenvalue weighted by molar-refractivity contribution is 0.181. The number of aliphatic hydroxyl groups is 1. The van der Waals surface area contributed by atoms with Gasteiger partial charge in [0.15, 0.2) is 0 Å². The normalized spacial score (nSPS) is 12.8. The molecule has 0 heterocycles. The molecule has 0 bridgehead atoms. The van der Waals surface area contributed by atoms with Crippen molar-refractivity contribution in [3.8, 4) is 0 Å². The third-order valence-corrected chi connectivity index (χ3v) is 2.54. The summed E-state index contributed by atoms with van der Waals surface area (Å²) >= 11 is 5.65. The minimum atomic E-state index is -0.282. The molecule has 1 atom stereocenters. The molecule has 2 nitrogen and oxygen atoms in total. The number of hydrogen-bond acceptors (Lipinski definition) is 2. The number of halogens is 2. The van der Waals surface area contributed by atoms with Crippen LogP contribution in [0.5, 0.6) is 0 Å². The van der Waals surface area contributed by atoms with Crippen molar-refractivity contribution in [2.24, 2.45) is 0 Å². The number of aliphatic hydroxyl groups excluding tert-OH is 1. The van der Waals surface area contributed by atoms with Crippen molar-refractivity contribution in [1.82, 2.24) is 5.32 Å². The molecule has 0 saturated carbocycles. The first-order chi connectivity index (χ1) is 7.59. The average Bonchev–Trinajstić information content (AvgIpc) is 2.20. The highest BCUT2D eigenvalue weighted by Gasteiger charge is 2.02. The van der Waals surface area contributed by atoms with Crippen LogP contribution in [0.4, 0.5) is 4.39 Å². The first-order valence-corrected chi connectivity index (χ1v) is 5.80. The highest BCUT2D eigenvalue weighted by molar-refractivity contribution is 6.30. The Morgan fingerprint density at radius 3 is 2.88 bits per heavy atom. The molecule has 1 rings (SSSR count). The van der Waals surface area contributed by atoms with Crippen molar-refractivity contribution in [2.75, 3.05) is 6.54 Å². The van der Waals surface area contributed by atoms with E-state index >= 15 is 0 Å². The van der Waals surface area contributed by atoms with E-state index in [0.717, 1.165) is 19.4 Å². The summed E-state index contributed by atoms with van der Waals surface area (Å²) in [4.78, 5) is 0. The Kier molecular flexibility index (Phi) is 5.74. The Bertz CT molecular complexity index is 331. The highest BCUT2D eigenvalue weighted by atomic mass is 35.5. The van der Waals surface area contributed by atoms with Crippen LogP contribution in [0, 0.1) is 5.82 Å². The standard InChI is InChI=1S/C12H17ClFNO/c1-9(16)3-2-6-15-8-10-4-5-11(13)7-12(10)14/h4-5,7,9,15-16H,2-3,6,8H2,1H3. The van der Waals surface area contributed by atoms with E-state index in [1.807, 2.05) is 0 Å². The summed E-state index contributed by atoms with van der Waals surface area (Å²) in [5, 5.41) is 12.6. The van der Waals surface area contributed by atoms with E-state index in [0.29, 0.717) is 17.1 Å². The second-order valence-corrected chi connectivity index (χ2v) is 4.34. The largest absolute Gasteiger partial charge is 0.393 e. The van der Waals surface area contributed by atoms with Gasteiger partial charge < -0.3 is 10.4 Å². The van der Waals surface area contributed by atoms with Crippen molar-refractivity contribution in [2.45, 2.75) is 32.4 Å². The minimum absolute atomic E-state index is 0.269. The molecule has 1 aromatic carbocycles. The molecular formula is C12H17ClFNO. The summed E-state index contributed by atoms with van der Waals surface area (Å²) in [5.74, 6) is -0.282. The van der Waals surface area contributed by atoms with Gasteiger partial charge in [-0.25, -0.2) is 4.39 Å². The first-order valence-electron chi connectivity index (χ1n) is 5.42. The molecule has 4 heteroatoms. The SMILES string of the molecule is CC(O)CCCNCc1ccc(Cl)cc1F. The Morgan fingerprint density at radius 1 is 1.50 bits per heavy atom. The lowest BCUT2D eigenvalue weighted by atomic mass is 10.2. The summed E-state index contributed by atoms with van der Waals surface area (Å²) in [6.07, 6.45) is 1.37. The predicted molar refractivity (Wildman–Crippen MR) is 64.0 cm³/mol. The quantitative estimate of drug-likeness (QED) is 0.756. The molecule has 90 valence electrons. The Morgan fingerprint density at radius 2 is 2.25 bits per heavy atom. The zero-order valence-corrected chi connectivity index (χ0v) is 10.1. The second-order valence-electron chi connectivity index (χ2n) is 3.90. The van der Waals surface area contributed by atoms with Crippen molar-refractivity contribution >= 4 is 11.6 Å². The fraction of sp³-hybridized carbons (Fsp3) is 0.500. The second kappa shape index (κ2) is 6.84. The maximum absolute atomic E-state index is 13.3. The Hall–Kier alpha value is -0.640. The molecule has 0 radical (unpaired) electrons. The van der Waals surface area contributed by atoms with Crippen LogP contribution < -0.4 is 5.32 Å². The molecular weight excluding hydrogens is 229 g/mol. The smallest absolute Gasteiger partial charge is 0.129 e. The molecule has 1 unspecified atom stereocenters. The van der Waals surface area contributed by atoms with Crippen LogP contribution in [0.15, 0.2) is 18.2 Å². The van der Waals surface area contributed by atoms with Crippen molar-refractivity contribution in [3.05, 3.63) is 34.6 Å². The molecule has 0 fully saturated rings. The summed E-state index contributed by atoms with van der Waals surface area (Å²) in [6, 6.07) is 4.67. The molecule has 0 aliphatic carbocycles. The zero-order valence-electron chi connectivity index (χ0n) is 9.34. The molecule has 0 aliphatic rings. The highest BCUT2D eigenvalue weighted by Crippen LogP contribution is 2.14. The van der Waals surface area contributed by atoms with Crippen LogP contribution >= 0.6 is 11.6 Å². The van der Waals surface area contributed by atoms with Gasteiger partial charge in [0.05, 0.1) is 6.10 Å². The molecule has 0 saturated heterocycles. The van der Waals surface area contributed by atoms with Gasteiger partial charge in [0.2, 0.25) is 0 Å². The molecule has 16 heavy (non-hydrogen) atoms. The Balaban J connectivity index is 2.27. The fourth-order valence-corrected chi connectivity index (χ4v) is 1.57. The molecule has 0 spiro atoms. The summed E-state index contributed by atoms with van der Waals surface area (Å²) in [6.45, 7) is 3.02. The van der Waals surface area contributed by atoms with Gasteiger partial charge in [-0.2, -0.15) is 0 Å². The van der Waals surface area contributed by atoms with E-state index in [1.165, 1.54) is 6.07 Å². The van der Waals surface area contributed by atoms with Gasteiger partial charge in [-0.1, -0.05) is 17.7 Å². The van der Waals surface area contributed by atoms with Gasteiger partial charge in [0, 0.05) is 17.1 Å². The predicted octanol–water partition coefficient (Wildman–Crippen LogP) is 2.73. The van der Waals surface area contributed by atoms with Gasteiger partial charge in [-0.05, 0) is 38.4 Å². The fourth-order valence-electron chi connectivity index (χ4n) is 1.41. The average molecular weight is 246 g/mol. The summed E-state index contributed by atoms with van der Waals surface area (Å²) in [5.41, 5.74) is 0.612. The van der Waals surface area contributed by atoms with Gasteiger partial charge in [0.25, 0.3) is 0 Å². The van der Waals surface area contributed by atoms with E-state index in [2.05, 4.69) is 5.32 Å². The maximum atomic E-state index is 13.3. The van der Waals surface area contributed by atoms with Crippen molar-refractivity contribution in [3.63, 3.8) is 0 Å². The molecule has 0 amide bonds. The van der Waals surface area contributed by atoms with Crippen LogP contribution in [0.1, 0.15) is 25.3 Å². The van der Waals surface area contributed by atoms with E-state index in [9.17, 15) is 4.39 Å². The van der Waals surface area contributed by atoms with Gasteiger partial charge >= 0.3 is 0 Å². The van der Waals surface area contributed by atoms with Crippen molar-refractivity contribution in [1.29, 1.82) is 0 Å². The van der Waals surface area contributed by atoms with Gasteiger partial charge in [-0.15, -0.1) is 0 Å². The number of hydrogen-bond donors (Lipinski definition) is 2. The molecule has 1 aromatic rings. The van der Waals surface area contributed by atoms with E-state index in [4.69, 9.17) is 16.7 Å². The number of benzene rings is 1. The maximum Gasteiger partial charge on any atom is 0.129 e. The van der Waals surface area contributed by atoms with E-state index in [1.54, 1.807) is 19.1 Å². The van der Waals surface area contributed by atoms with E-state index < -0.39 is 0 Å². The zero-order chi connectivity index (χ0) is 12.0. The monoisotopic (exact) mass is 245 g/mol. The summed E-state index contributed by atoms with van der Waals surface area (Å²) < 4.78 is 13.3. The molecule has 2 N–H and O–H groups in total. The third-order valence-electron chi connectivity index (χ3n) is 2.31. The van der Waals surface area contributed by atoms with Crippen molar-refractivity contribution < 1.29 is 9.50 Å². The van der Waals surface area contributed by atoms with Crippen LogP contribution in [0.3, 0.4) is 0 Å². The first kappa shape index (κ1) is 13.4. The van der Waals surface area contributed by atoms with Crippen LogP contribution in [-0.2, 0) is 6.54 Å². The minimum Gasteiger partial charge on any atom is -0.393 e. The van der Waals surface area contributed by atoms with Crippen LogP contribution in [-0.4, -0.2) is 17.8 Å². The lowest BCUT2D eigenvalue weighted by Gasteiger charge is -2.07. The van der Waals surface area contributed by atoms with E-state index in [-0.39, 0.29) is 11.9 Å². The topological polar surface area (TPSA) is 32.3 Å².